The lowest BCUT2D eigenvalue weighted by Gasteiger charge is -2.08. The summed E-state index contributed by atoms with van der Waals surface area (Å²) in [7, 11) is 0. The van der Waals surface area contributed by atoms with E-state index in [2.05, 4.69) is 20.3 Å². The number of pyridine rings is 1. The van der Waals surface area contributed by atoms with Gasteiger partial charge in [-0.2, -0.15) is 0 Å². The van der Waals surface area contributed by atoms with Crippen molar-refractivity contribution in [3.05, 3.63) is 51.2 Å². The second-order valence-electron chi connectivity index (χ2n) is 4.32. The molecule has 5 nitrogen and oxygen atoms in total. The second kappa shape index (κ2) is 5.00. The highest BCUT2D eigenvalue weighted by Gasteiger charge is 2.05. The minimum Gasteiger partial charge on any atom is -0.350 e. The highest BCUT2D eigenvalue weighted by Crippen LogP contribution is 2.06. The quantitative estimate of drug-likeness (QED) is 0.862. The van der Waals surface area contributed by atoms with Crippen LogP contribution in [0, 0.1) is 20.8 Å². The van der Waals surface area contributed by atoms with Gasteiger partial charge in [0.2, 0.25) is 5.95 Å². The smallest absolute Gasteiger partial charge is 0.253 e. The molecule has 5 heteroatoms. The van der Waals surface area contributed by atoms with Crippen molar-refractivity contribution < 1.29 is 0 Å². The van der Waals surface area contributed by atoms with Gasteiger partial charge < -0.3 is 10.3 Å². The van der Waals surface area contributed by atoms with Gasteiger partial charge >= 0.3 is 0 Å². The molecule has 2 N–H and O–H groups in total. The molecule has 0 aliphatic rings. The van der Waals surface area contributed by atoms with E-state index in [4.69, 9.17) is 0 Å². The largest absolute Gasteiger partial charge is 0.350 e. The third-order valence-electron chi connectivity index (χ3n) is 2.71. The molecule has 2 aromatic heterocycles. The Balaban J connectivity index is 2.18. The van der Waals surface area contributed by atoms with E-state index in [-0.39, 0.29) is 5.56 Å². The third kappa shape index (κ3) is 2.74. The van der Waals surface area contributed by atoms with Crippen molar-refractivity contribution >= 4 is 5.95 Å². The van der Waals surface area contributed by atoms with Crippen LogP contribution in [0.3, 0.4) is 0 Å². The van der Waals surface area contributed by atoms with Crippen LogP contribution < -0.4 is 10.9 Å². The number of aryl methyl sites for hydroxylation is 3. The molecule has 18 heavy (non-hydrogen) atoms. The molecule has 0 aliphatic heterocycles. The van der Waals surface area contributed by atoms with Gasteiger partial charge in [0.1, 0.15) is 0 Å². The predicted octanol–water partition coefficient (Wildman–Crippen LogP) is 1.70. The van der Waals surface area contributed by atoms with Gasteiger partial charge in [0, 0.05) is 29.7 Å². The maximum Gasteiger partial charge on any atom is 0.253 e. The van der Waals surface area contributed by atoms with Crippen LogP contribution >= 0.6 is 0 Å². The highest BCUT2D eigenvalue weighted by atomic mass is 16.1. The molecule has 2 rings (SSSR count). The fourth-order valence-corrected chi connectivity index (χ4v) is 1.80. The molecule has 94 valence electrons. The summed E-state index contributed by atoms with van der Waals surface area (Å²) in [5.74, 6) is 0.536. The summed E-state index contributed by atoms with van der Waals surface area (Å²) in [6, 6.07) is 3.78. The van der Waals surface area contributed by atoms with Gasteiger partial charge in [-0.25, -0.2) is 9.97 Å². The SMILES string of the molecule is Cc1ccnc(NCc2c(C)cc(C)[nH]c2=O)n1. The summed E-state index contributed by atoms with van der Waals surface area (Å²) in [4.78, 5) is 22.9. The van der Waals surface area contributed by atoms with Crippen LogP contribution in [0.25, 0.3) is 0 Å². The van der Waals surface area contributed by atoms with Crippen LogP contribution in [-0.2, 0) is 6.54 Å². The Morgan fingerprint density at radius 2 is 2.11 bits per heavy atom. The Bertz CT molecular complexity index is 619. The maximum atomic E-state index is 11.8. The Morgan fingerprint density at radius 3 is 2.78 bits per heavy atom. The molecule has 0 saturated heterocycles. The number of H-pyrrole nitrogens is 1. The molecule has 0 aromatic carbocycles. The molecule has 2 aromatic rings. The standard InChI is InChI=1S/C13H16N4O/c1-8-6-10(3)16-12(18)11(8)7-15-13-14-5-4-9(2)17-13/h4-6H,7H2,1-3H3,(H,16,18)(H,14,15,17). The number of aromatic amines is 1. The van der Waals surface area contributed by atoms with Gasteiger partial charge in [-0.05, 0) is 38.5 Å². The number of anilines is 1. The topological polar surface area (TPSA) is 70.7 Å². The van der Waals surface area contributed by atoms with Crippen molar-refractivity contribution in [3.8, 4) is 0 Å². The number of aromatic nitrogens is 3. The molecule has 0 amide bonds. The fraction of sp³-hybridized carbons (Fsp3) is 0.308. The Hall–Kier alpha value is -2.17. The monoisotopic (exact) mass is 244 g/mol. The zero-order chi connectivity index (χ0) is 13.1. The molecule has 0 bridgehead atoms. The van der Waals surface area contributed by atoms with Gasteiger partial charge in [0.05, 0.1) is 0 Å². The van der Waals surface area contributed by atoms with Crippen LogP contribution in [-0.4, -0.2) is 15.0 Å². The Labute approximate surface area is 105 Å². The Morgan fingerprint density at radius 1 is 1.33 bits per heavy atom. The van der Waals surface area contributed by atoms with E-state index >= 15 is 0 Å². The predicted molar refractivity (Wildman–Crippen MR) is 70.6 cm³/mol. The van der Waals surface area contributed by atoms with Crippen molar-refractivity contribution in [2.75, 3.05) is 5.32 Å². The third-order valence-corrected chi connectivity index (χ3v) is 2.71. The van der Waals surface area contributed by atoms with Crippen molar-refractivity contribution in [1.29, 1.82) is 0 Å². The second-order valence-corrected chi connectivity index (χ2v) is 4.32. The van der Waals surface area contributed by atoms with Gasteiger partial charge in [-0.1, -0.05) is 0 Å². The summed E-state index contributed by atoms with van der Waals surface area (Å²) < 4.78 is 0. The maximum absolute atomic E-state index is 11.8. The van der Waals surface area contributed by atoms with E-state index in [0.717, 1.165) is 17.0 Å². The zero-order valence-electron chi connectivity index (χ0n) is 10.7. The lowest BCUT2D eigenvalue weighted by Crippen LogP contribution is -2.19. The summed E-state index contributed by atoms with van der Waals surface area (Å²) in [6.07, 6.45) is 1.69. The first-order valence-electron chi connectivity index (χ1n) is 5.79. The molecule has 0 unspecified atom stereocenters. The van der Waals surface area contributed by atoms with E-state index in [9.17, 15) is 4.79 Å². The summed E-state index contributed by atoms with van der Waals surface area (Å²) in [5, 5.41) is 3.06. The number of hydrogen-bond donors (Lipinski definition) is 2. The van der Waals surface area contributed by atoms with Gasteiger partial charge in [0.25, 0.3) is 5.56 Å². The first kappa shape index (κ1) is 12.3. The highest BCUT2D eigenvalue weighted by molar-refractivity contribution is 5.31. The van der Waals surface area contributed by atoms with E-state index in [1.54, 1.807) is 6.20 Å². The summed E-state index contributed by atoms with van der Waals surface area (Å²) >= 11 is 0. The summed E-state index contributed by atoms with van der Waals surface area (Å²) in [5.41, 5.74) is 3.38. The Kier molecular flexibility index (Phi) is 3.41. The van der Waals surface area contributed by atoms with Crippen LogP contribution in [0.15, 0.2) is 23.1 Å². The van der Waals surface area contributed by atoms with Crippen LogP contribution in [0.2, 0.25) is 0 Å². The molecule has 0 aliphatic carbocycles. The van der Waals surface area contributed by atoms with Crippen molar-refractivity contribution in [2.24, 2.45) is 0 Å². The lowest BCUT2D eigenvalue weighted by molar-refractivity contribution is 0.978. The van der Waals surface area contributed by atoms with Crippen LogP contribution in [0.4, 0.5) is 5.95 Å². The number of rotatable bonds is 3. The normalized spacial score (nSPS) is 10.4. The van der Waals surface area contributed by atoms with Gasteiger partial charge in [-0.3, -0.25) is 4.79 Å². The molecule has 0 spiro atoms. The lowest BCUT2D eigenvalue weighted by atomic mass is 10.1. The minimum atomic E-state index is -0.0624. The van der Waals surface area contributed by atoms with E-state index in [1.807, 2.05) is 32.9 Å². The van der Waals surface area contributed by atoms with Crippen LogP contribution in [0.1, 0.15) is 22.5 Å². The van der Waals surface area contributed by atoms with Gasteiger partial charge in [0.15, 0.2) is 0 Å². The van der Waals surface area contributed by atoms with Crippen molar-refractivity contribution in [2.45, 2.75) is 27.3 Å². The molecular formula is C13H16N4O. The van der Waals surface area contributed by atoms with E-state index < -0.39 is 0 Å². The fourth-order valence-electron chi connectivity index (χ4n) is 1.80. The van der Waals surface area contributed by atoms with Crippen molar-refractivity contribution in [1.82, 2.24) is 15.0 Å². The van der Waals surface area contributed by atoms with E-state index in [1.165, 1.54) is 0 Å². The minimum absolute atomic E-state index is 0.0624. The van der Waals surface area contributed by atoms with Gasteiger partial charge in [-0.15, -0.1) is 0 Å². The molecule has 0 saturated carbocycles. The number of nitrogens with zero attached hydrogens (tertiary/aromatic N) is 2. The molecule has 0 radical (unpaired) electrons. The molecular weight excluding hydrogens is 228 g/mol. The molecule has 0 fully saturated rings. The molecule has 2 heterocycles. The van der Waals surface area contributed by atoms with Crippen molar-refractivity contribution in [3.63, 3.8) is 0 Å². The first-order chi connectivity index (χ1) is 8.56. The molecule has 0 atom stereocenters. The zero-order valence-corrected chi connectivity index (χ0v) is 10.7. The van der Waals surface area contributed by atoms with E-state index in [0.29, 0.717) is 18.1 Å². The number of nitrogens with one attached hydrogen (secondary N) is 2. The number of hydrogen-bond acceptors (Lipinski definition) is 4. The first-order valence-corrected chi connectivity index (χ1v) is 5.79. The summed E-state index contributed by atoms with van der Waals surface area (Å²) in [6.45, 7) is 6.12. The average Bonchev–Trinajstić information content (AvgIpc) is 2.27. The average molecular weight is 244 g/mol. The van der Waals surface area contributed by atoms with Crippen LogP contribution in [0.5, 0.6) is 0 Å².